The fourth-order valence-electron chi connectivity index (χ4n) is 2.81. The Labute approximate surface area is 156 Å². The minimum atomic E-state index is -0.374. The van der Waals surface area contributed by atoms with Gasteiger partial charge < -0.3 is 10.4 Å². The van der Waals surface area contributed by atoms with Crippen molar-refractivity contribution in [2.24, 2.45) is 0 Å². The third-order valence-electron chi connectivity index (χ3n) is 4.21. The molecule has 0 spiro atoms. The molecule has 26 heavy (non-hydrogen) atoms. The van der Waals surface area contributed by atoms with Gasteiger partial charge in [-0.3, -0.25) is 4.79 Å². The van der Waals surface area contributed by atoms with E-state index < -0.39 is 0 Å². The van der Waals surface area contributed by atoms with E-state index in [2.05, 4.69) is 10.4 Å². The third kappa shape index (κ3) is 4.12. The second-order valence-electron chi connectivity index (χ2n) is 5.93. The average molecular weight is 370 g/mol. The van der Waals surface area contributed by atoms with Crippen molar-refractivity contribution in [3.05, 3.63) is 87.8 Å². The molecule has 0 saturated carbocycles. The first kappa shape index (κ1) is 18.2. The second-order valence-corrected chi connectivity index (χ2v) is 6.30. The SMILES string of the molecule is O=c1c(Cl)c(NCC(CCO)c2ccccc2)cnn1-c1ccccc1. The number of para-hydroxylation sites is 1. The lowest BCUT2D eigenvalue weighted by Crippen LogP contribution is -2.23. The molecule has 0 fully saturated rings. The molecule has 1 heterocycles. The van der Waals surface area contributed by atoms with Gasteiger partial charge in [0.05, 0.1) is 17.6 Å². The van der Waals surface area contributed by atoms with Crippen LogP contribution in [0.15, 0.2) is 71.7 Å². The van der Waals surface area contributed by atoms with Crippen molar-refractivity contribution in [3.63, 3.8) is 0 Å². The highest BCUT2D eigenvalue weighted by Gasteiger charge is 2.14. The normalized spacial score (nSPS) is 11.9. The van der Waals surface area contributed by atoms with E-state index in [1.807, 2.05) is 48.5 Å². The molecule has 1 atom stereocenters. The van der Waals surface area contributed by atoms with Gasteiger partial charge in [0.2, 0.25) is 0 Å². The van der Waals surface area contributed by atoms with Crippen LogP contribution in [-0.4, -0.2) is 28.0 Å². The minimum Gasteiger partial charge on any atom is -0.396 e. The Kier molecular flexibility index (Phi) is 6.04. The molecule has 5 nitrogen and oxygen atoms in total. The smallest absolute Gasteiger partial charge is 0.292 e. The molecule has 1 aromatic heterocycles. The molecule has 0 aliphatic carbocycles. The van der Waals surface area contributed by atoms with Crippen LogP contribution in [0.25, 0.3) is 5.69 Å². The van der Waals surface area contributed by atoms with E-state index >= 15 is 0 Å². The van der Waals surface area contributed by atoms with E-state index in [4.69, 9.17) is 11.6 Å². The van der Waals surface area contributed by atoms with Crippen LogP contribution < -0.4 is 10.9 Å². The predicted molar refractivity (Wildman–Crippen MR) is 104 cm³/mol. The highest BCUT2D eigenvalue weighted by molar-refractivity contribution is 6.32. The number of halogens is 1. The molecule has 0 radical (unpaired) electrons. The Bertz CT molecular complexity index is 898. The van der Waals surface area contributed by atoms with Gasteiger partial charge in [-0.15, -0.1) is 0 Å². The summed E-state index contributed by atoms with van der Waals surface area (Å²) in [4.78, 5) is 12.5. The van der Waals surface area contributed by atoms with Gasteiger partial charge in [0.25, 0.3) is 5.56 Å². The zero-order chi connectivity index (χ0) is 18.4. The van der Waals surface area contributed by atoms with Crippen LogP contribution >= 0.6 is 11.6 Å². The van der Waals surface area contributed by atoms with Crippen molar-refractivity contribution in [1.29, 1.82) is 0 Å². The standard InChI is InChI=1S/C20H20ClN3O2/c21-19-18(14-23-24(20(19)26)17-9-5-2-6-10-17)22-13-16(11-12-25)15-7-3-1-4-8-15/h1-10,14,16,22,25H,11-13H2. The third-order valence-corrected chi connectivity index (χ3v) is 4.57. The lowest BCUT2D eigenvalue weighted by molar-refractivity contribution is 0.277. The summed E-state index contributed by atoms with van der Waals surface area (Å²) in [6.07, 6.45) is 2.17. The van der Waals surface area contributed by atoms with Crippen molar-refractivity contribution in [2.45, 2.75) is 12.3 Å². The van der Waals surface area contributed by atoms with Gasteiger partial charge in [-0.25, -0.2) is 0 Å². The van der Waals surface area contributed by atoms with Crippen molar-refractivity contribution < 1.29 is 5.11 Å². The van der Waals surface area contributed by atoms with Crippen LogP contribution in [0.5, 0.6) is 0 Å². The second kappa shape index (κ2) is 8.65. The average Bonchev–Trinajstić information content (AvgIpc) is 2.69. The van der Waals surface area contributed by atoms with E-state index in [-0.39, 0.29) is 23.1 Å². The summed E-state index contributed by atoms with van der Waals surface area (Å²) < 4.78 is 1.27. The van der Waals surface area contributed by atoms with E-state index in [0.717, 1.165) is 5.56 Å². The maximum atomic E-state index is 12.5. The highest BCUT2D eigenvalue weighted by Crippen LogP contribution is 2.22. The highest BCUT2D eigenvalue weighted by atomic mass is 35.5. The summed E-state index contributed by atoms with van der Waals surface area (Å²) in [5, 5.41) is 16.8. The van der Waals surface area contributed by atoms with Crippen LogP contribution in [-0.2, 0) is 0 Å². The van der Waals surface area contributed by atoms with E-state index in [0.29, 0.717) is 24.3 Å². The summed E-state index contributed by atoms with van der Waals surface area (Å²) in [6.45, 7) is 0.629. The molecule has 0 aliphatic rings. The molecule has 0 amide bonds. The lowest BCUT2D eigenvalue weighted by atomic mass is 9.96. The van der Waals surface area contributed by atoms with Gasteiger partial charge in [0.15, 0.2) is 0 Å². The number of aliphatic hydroxyl groups is 1. The van der Waals surface area contributed by atoms with Gasteiger partial charge >= 0.3 is 0 Å². The minimum absolute atomic E-state index is 0.0861. The zero-order valence-corrected chi connectivity index (χ0v) is 14.9. The topological polar surface area (TPSA) is 67.2 Å². The Morgan fingerprint density at radius 3 is 2.38 bits per heavy atom. The van der Waals surface area contributed by atoms with Crippen LogP contribution in [0.4, 0.5) is 5.69 Å². The Hall–Kier alpha value is -2.63. The molecule has 3 aromatic rings. The molecule has 3 rings (SSSR count). The summed E-state index contributed by atoms with van der Waals surface area (Å²) in [5.74, 6) is 0.105. The van der Waals surface area contributed by atoms with Crippen molar-refractivity contribution >= 4 is 17.3 Å². The first-order chi connectivity index (χ1) is 12.7. The van der Waals surface area contributed by atoms with Gasteiger partial charge in [-0.05, 0) is 24.1 Å². The van der Waals surface area contributed by atoms with Gasteiger partial charge in [-0.2, -0.15) is 9.78 Å². The first-order valence-electron chi connectivity index (χ1n) is 8.43. The number of aromatic nitrogens is 2. The maximum absolute atomic E-state index is 12.5. The van der Waals surface area contributed by atoms with Crippen molar-refractivity contribution in [3.8, 4) is 5.69 Å². The van der Waals surface area contributed by atoms with Gasteiger partial charge in [0.1, 0.15) is 5.02 Å². The molecule has 0 aliphatic heterocycles. The molecule has 134 valence electrons. The first-order valence-corrected chi connectivity index (χ1v) is 8.81. The van der Waals surface area contributed by atoms with Gasteiger partial charge in [-0.1, -0.05) is 60.1 Å². The Morgan fingerprint density at radius 2 is 1.73 bits per heavy atom. The monoisotopic (exact) mass is 369 g/mol. The summed E-state index contributed by atoms with van der Waals surface area (Å²) in [6, 6.07) is 19.1. The number of rotatable bonds is 7. The molecule has 1 unspecified atom stereocenters. The summed E-state index contributed by atoms with van der Waals surface area (Å²) >= 11 is 6.27. The molecule has 2 N–H and O–H groups in total. The van der Waals surface area contributed by atoms with E-state index in [9.17, 15) is 9.90 Å². The number of aliphatic hydroxyl groups excluding tert-OH is 1. The number of nitrogens with zero attached hydrogens (tertiary/aromatic N) is 2. The predicted octanol–water partition coefficient (Wildman–Crippen LogP) is 3.46. The van der Waals surface area contributed by atoms with Crippen LogP contribution in [0, 0.1) is 0 Å². The van der Waals surface area contributed by atoms with Crippen molar-refractivity contribution in [2.75, 3.05) is 18.5 Å². The van der Waals surface area contributed by atoms with Crippen molar-refractivity contribution in [1.82, 2.24) is 9.78 Å². The number of hydrogen-bond donors (Lipinski definition) is 2. The number of nitrogens with one attached hydrogen (secondary N) is 1. The van der Waals surface area contributed by atoms with Crippen LogP contribution in [0.1, 0.15) is 17.9 Å². The molecule has 0 bridgehead atoms. The maximum Gasteiger partial charge on any atom is 0.292 e. The molecule has 2 aromatic carbocycles. The van der Waals surface area contributed by atoms with Gasteiger partial charge in [0, 0.05) is 19.1 Å². The Balaban J connectivity index is 1.80. The fraction of sp³-hybridized carbons (Fsp3) is 0.200. The summed E-state index contributed by atoms with van der Waals surface area (Å²) in [5.41, 5.74) is 1.90. The van der Waals surface area contributed by atoms with Crippen LogP contribution in [0.2, 0.25) is 5.02 Å². The molecular weight excluding hydrogens is 350 g/mol. The fourth-order valence-corrected chi connectivity index (χ4v) is 3.01. The zero-order valence-electron chi connectivity index (χ0n) is 14.2. The molecule has 6 heteroatoms. The number of hydrogen-bond acceptors (Lipinski definition) is 4. The lowest BCUT2D eigenvalue weighted by Gasteiger charge is -2.18. The summed E-state index contributed by atoms with van der Waals surface area (Å²) in [7, 11) is 0. The number of benzene rings is 2. The van der Waals surface area contributed by atoms with Crippen LogP contribution in [0.3, 0.4) is 0 Å². The van der Waals surface area contributed by atoms with E-state index in [1.165, 1.54) is 4.68 Å². The molecule has 0 saturated heterocycles. The largest absolute Gasteiger partial charge is 0.396 e. The molecular formula is C20H20ClN3O2. The quantitative estimate of drug-likeness (QED) is 0.669. The Morgan fingerprint density at radius 1 is 1.08 bits per heavy atom. The van der Waals surface area contributed by atoms with E-state index in [1.54, 1.807) is 18.3 Å². The number of anilines is 1.